The van der Waals surface area contributed by atoms with Gasteiger partial charge in [-0.3, -0.25) is 9.58 Å². The maximum Gasteiger partial charge on any atom is 0.121 e. The standard InChI is InChI=1S/C18H24N6O/c1-25-13-15-11-24(22-21-15)10-14-5-4-8-23(9-14)12-18-19-16-6-2-3-7-17(16)20-18/h2-3,6-7,11,14H,4-5,8-10,12-13H2,1H3,(H,19,20)/t14-/m1/s1. The maximum atomic E-state index is 5.11. The summed E-state index contributed by atoms with van der Waals surface area (Å²) in [5, 5.41) is 8.36. The lowest BCUT2D eigenvalue weighted by Gasteiger charge is -2.31. The van der Waals surface area contributed by atoms with E-state index in [9.17, 15) is 0 Å². The van der Waals surface area contributed by atoms with Crippen LogP contribution >= 0.6 is 0 Å². The molecule has 0 bridgehead atoms. The number of methoxy groups -OCH3 is 1. The van der Waals surface area contributed by atoms with Gasteiger partial charge in [0.05, 0.1) is 30.4 Å². The minimum Gasteiger partial charge on any atom is -0.378 e. The Morgan fingerprint density at radius 1 is 1.32 bits per heavy atom. The molecule has 1 atom stereocenters. The largest absolute Gasteiger partial charge is 0.378 e. The molecule has 0 aliphatic carbocycles. The van der Waals surface area contributed by atoms with Crippen LogP contribution in [-0.2, 0) is 24.4 Å². The van der Waals surface area contributed by atoms with Crippen LogP contribution in [0.2, 0.25) is 0 Å². The highest BCUT2D eigenvalue weighted by molar-refractivity contribution is 5.74. The van der Waals surface area contributed by atoms with Gasteiger partial charge in [0, 0.05) is 20.2 Å². The summed E-state index contributed by atoms with van der Waals surface area (Å²) >= 11 is 0. The van der Waals surface area contributed by atoms with Gasteiger partial charge in [0.1, 0.15) is 11.5 Å². The number of imidazole rings is 1. The molecule has 0 saturated carbocycles. The SMILES string of the molecule is COCc1cn(C[C@@H]2CCCN(Cc3nc4ccccc4[nH]3)C2)nn1. The Balaban J connectivity index is 1.36. The number of H-pyrrole nitrogens is 1. The van der Waals surface area contributed by atoms with E-state index >= 15 is 0 Å². The summed E-state index contributed by atoms with van der Waals surface area (Å²) in [6.07, 6.45) is 4.43. The van der Waals surface area contributed by atoms with Gasteiger partial charge < -0.3 is 9.72 Å². The number of benzene rings is 1. The zero-order valence-electron chi connectivity index (χ0n) is 14.6. The minimum absolute atomic E-state index is 0.517. The monoisotopic (exact) mass is 340 g/mol. The molecule has 3 heterocycles. The lowest BCUT2D eigenvalue weighted by Crippen LogP contribution is -2.36. The number of rotatable bonds is 6. The van der Waals surface area contributed by atoms with Crippen LogP contribution in [0.25, 0.3) is 11.0 Å². The van der Waals surface area contributed by atoms with E-state index in [-0.39, 0.29) is 0 Å². The fourth-order valence-electron chi connectivity index (χ4n) is 3.64. The van der Waals surface area contributed by atoms with Crippen molar-refractivity contribution >= 4 is 11.0 Å². The summed E-state index contributed by atoms with van der Waals surface area (Å²) in [7, 11) is 1.68. The van der Waals surface area contributed by atoms with Crippen molar-refractivity contribution in [1.82, 2.24) is 29.9 Å². The Hall–Kier alpha value is -2.25. The average molecular weight is 340 g/mol. The fourth-order valence-corrected chi connectivity index (χ4v) is 3.64. The van der Waals surface area contributed by atoms with Crippen LogP contribution in [0.3, 0.4) is 0 Å². The molecule has 1 saturated heterocycles. The van der Waals surface area contributed by atoms with E-state index in [1.54, 1.807) is 7.11 Å². The molecule has 2 aromatic heterocycles. The van der Waals surface area contributed by atoms with Crippen LogP contribution in [-0.4, -0.2) is 50.1 Å². The first kappa shape index (κ1) is 16.2. The van der Waals surface area contributed by atoms with Crippen molar-refractivity contribution in [2.75, 3.05) is 20.2 Å². The van der Waals surface area contributed by atoms with Crippen LogP contribution in [0.4, 0.5) is 0 Å². The Morgan fingerprint density at radius 3 is 3.12 bits per heavy atom. The molecule has 0 amide bonds. The Bertz CT molecular complexity index is 793. The van der Waals surface area contributed by atoms with Crippen molar-refractivity contribution in [2.24, 2.45) is 5.92 Å². The summed E-state index contributed by atoms with van der Waals surface area (Å²) in [5.74, 6) is 1.64. The van der Waals surface area contributed by atoms with E-state index < -0.39 is 0 Å². The molecule has 25 heavy (non-hydrogen) atoms. The zero-order valence-corrected chi connectivity index (χ0v) is 14.6. The van der Waals surface area contributed by atoms with Gasteiger partial charge in [0.2, 0.25) is 0 Å². The summed E-state index contributed by atoms with van der Waals surface area (Å²) in [5.41, 5.74) is 3.04. The van der Waals surface area contributed by atoms with Gasteiger partial charge in [0.15, 0.2) is 0 Å². The molecule has 1 aliphatic rings. The molecule has 0 radical (unpaired) electrons. The minimum atomic E-state index is 0.517. The van der Waals surface area contributed by atoms with Gasteiger partial charge in [0.25, 0.3) is 0 Å². The third kappa shape index (κ3) is 3.88. The van der Waals surface area contributed by atoms with Crippen molar-refractivity contribution < 1.29 is 4.74 Å². The quantitative estimate of drug-likeness (QED) is 0.745. The third-order valence-electron chi connectivity index (χ3n) is 4.74. The van der Waals surface area contributed by atoms with Gasteiger partial charge in [-0.05, 0) is 37.4 Å². The number of nitrogens with one attached hydrogen (secondary N) is 1. The van der Waals surface area contributed by atoms with Crippen LogP contribution in [0.15, 0.2) is 30.5 Å². The first-order valence-corrected chi connectivity index (χ1v) is 8.84. The van der Waals surface area contributed by atoms with E-state index in [4.69, 9.17) is 9.72 Å². The summed E-state index contributed by atoms with van der Waals surface area (Å²) in [6, 6.07) is 8.20. The Morgan fingerprint density at radius 2 is 2.24 bits per heavy atom. The summed E-state index contributed by atoms with van der Waals surface area (Å²) < 4.78 is 7.05. The topological polar surface area (TPSA) is 71.9 Å². The molecular formula is C18H24N6O. The summed E-state index contributed by atoms with van der Waals surface area (Å²) in [6.45, 7) is 4.49. The number of piperidine rings is 1. The highest BCUT2D eigenvalue weighted by atomic mass is 16.5. The average Bonchev–Trinajstić information content (AvgIpc) is 3.21. The Labute approximate surface area is 147 Å². The lowest BCUT2D eigenvalue weighted by atomic mass is 9.98. The number of nitrogens with zero attached hydrogens (tertiary/aromatic N) is 5. The van der Waals surface area contributed by atoms with Crippen molar-refractivity contribution in [1.29, 1.82) is 0 Å². The maximum absolute atomic E-state index is 5.11. The van der Waals surface area contributed by atoms with Gasteiger partial charge in [-0.2, -0.15) is 0 Å². The van der Waals surface area contributed by atoms with Crippen molar-refractivity contribution in [2.45, 2.75) is 32.5 Å². The smallest absolute Gasteiger partial charge is 0.121 e. The normalized spacial score (nSPS) is 18.8. The predicted octanol–water partition coefficient (Wildman–Crippen LogP) is 2.21. The van der Waals surface area contributed by atoms with Gasteiger partial charge >= 0.3 is 0 Å². The second kappa shape index (κ2) is 7.33. The number of hydrogen-bond donors (Lipinski definition) is 1. The highest BCUT2D eigenvalue weighted by Gasteiger charge is 2.21. The zero-order chi connectivity index (χ0) is 17.1. The van der Waals surface area contributed by atoms with E-state index in [0.29, 0.717) is 12.5 Å². The van der Waals surface area contributed by atoms with Crippen LogP contribution in [0, 0.1) is 5.92 Å². The van der Waals surface area contributed by atoms with Gasteiger partial charge in [-0.15, -0.1) is 5.10 Å². The van der Waals surface area contributed by atoms with E-state index in [1.807, 2.05) is 23.0 Å². The molecular weight excluding hydrogens is 316 g/mol. The number of para-hydroxylation sites is 2. The lowest BCUT2D eigenvalue weighted by molar-refractivity contribution is 0.150. The number of ether oxygens (including phenoxy) is 1. The van der Waals surface area contributed by atoms with Crippen LogP contribution in [0.5, 0.6) is 0 Å². The molecule has 3 aromatic rings. The molecule has 1 aromatic carbocycles. The first-order chi connectivity index (χ1) is 12.3. The van der Waals surface area contributed by atoms with Crippen molar-refractivity contribution in [3.8, 4) is 0 Å². The first-order valence-electron chi connectivity index (χ1n) is 8.84. The molecule has 0 unspecified atom stereocenters. The number of fused-ring (bicyclic) bond motifs is 1. The number of likely N-dealkylation sites (tertiary alicyclic amines) is 1. The molecule has 1 fully saturated rings. The number of aromatic amines is 1. The molecule has 7 nitrogen and oxygen atoms in total. The van der Waals surface area contributed by atoms with Crippen LogP contribution in [0.1, 0.15) is 24.4 Å². The third-order valence-corrected chi connectivity index (χ3v) is 4.74. The predicted molar refractivity (Wildman–Crippen MR) is 94.8 cm³/mol. The molecule has 1 N–H and O–H groups in total. The molecule has 132 valence electrons. The van der Waals surface area contributed by atoms with E-state index in [2.05, 4.69) is 32.3 Å². The van der Waals surface area contributed by atoms with Crippen molar-refractivity contribution in [3.63, 3.8) is 0 Å². The van der Waals surface area contributed by atoms with Crippen LogP contribution < -0.4 is 0 Å². The van der Waals surface area contributed by atoms with E-state index in [1.165, 1.54) is 12.8 Å². The molecule has 4 rings (SSSR count). The van der Waals surface area contributed by atoms with Gasteiger partial charge in [-0.25, -0.2) is 4.98 Å². The number of hydrogen-bond acceptors (Lipinski definition) is 5. The second-order valence-electron chi connectivity index (χ2n) is 6.81. The fraction of sp³-hybridized carbons (Fsp3) is 0.500. The van der Waals surface area contributed by atoms with Crippen molar-refractivity contribution in [3.05, 3.63) is 42.0 Å². The van der Waals surface area contributed by atoms with Gasteiger partial charge in [-0.1, -0.05) is 17.3 Å². The molecule has 7 heteroatoms. The number of aromatic nitrogens is 5. The summed E-state index contributed by atoms with van der Waals surface area (Å²) in [4.78, 5) is 10.6. The molecule has 0 spiro atoms. The second-order valence-corrected chi connectivity index (χ2v) is 6.81. The Kier molecular flexibility index (Phi) is 4.76. The van der Waals surface area contributed by atoms with E-state index in [0.717, 1.165) is 48.7 Å². The molecule has 1 aliphatic heterocycles. The highest BCUT2D eigenvalue weighted by Crippen LogP contribution is 2.20.